The molecule has 4 nitrogen and oxygen atoms in total. The smallest absolute Gasteiger partial charge is 0.285 e. The minimum atomic E-state index is -0.394. The van der Waals surface area contributed by atoms with E-state index in [0.717, 1.165) is 5.69 Å². The second kappa shape index (κ2) is 5.30. The Morgan fingerprint density at radius 2 is 2.00 bits per heavy atom. The van der Waals surface area contributed by atoms with E-state index in [2.05, 4.69) is 42.0 Å². The van der Waals surface area contributed by atoms with Gasteiger partial charge in [0.25, 0.3) is 5.69 Å². The van der Waals surface area contributed by atoms with Crippen molar-refractivity contribution in [2.24, 2.45) is 5.92 Å². The third-order valence-corrected chi connectivity index (χ3v) is 3.21. The highest BCUT2D eigenvalue weighted by Crippen LogP contribution is 2.28. The summed E-state index contributed by atoms with van der Waals surface area (Å²) in [7, 11) is 0. The molecule has 1 aromatic carbocycles. The summed E-state index contributed by atoms with van der Waals surface area (Å²) >= 11 is 3.16. The molecule has 0 radical (unpaired) electrons. The van der Waals surface area contributed by atoms with Gasteiger partial charge in [0.1, 0.15) is 0 Å². The van der Waals surface area contributed by atoms with Crippen molar-refractivity contribution in [1.82, 2.24) is 0 Å². The number of nitro benzene ring substituents is 1. The largest absolute Gasteiger partial charge is 0.382 e. The highest BCUT2D eigenvalue weighted by Gasteiger charge is 2.14. The standard InChI is InChI=1S/C11H15BrN2O2/c1-7(2)8(3)13-9-4-5-10(12)11(6-9)14(15)16/h4-8,13H,1-3H3. The third kappa shape index (κ3) is 3.20. The summed E-state index contributed by atoms with van der Waals surface area (Å²) in [6.45, 7) is 6.26. The molecule has 1 rings (SSSR count). The summed E-state index contributed by atoms with van der Waals surface area (Å²) in [4.78, 5) is 10.3. The fourth-order valence-corrected chi connectivity index (χ4v) is 1.56. The van der Waals surface area contributed by atoms with Crippen LogP contribution in [-0.2, 0) is 0 Å². The summed E-state index contributed by atoms with van der Waals surface area (Å²) in [5.41, 5.74) is 0.858. The zero-order chi connectivity index (χ0) is 12.3. The van der Waals surface area contributed by atoms with Gasteiger partial charge in [-0.1, -0.05) is 13.8 Å². The summed E-state index contributed by atoms with van der Waals surface area (Å²) in [5, 5.41) is 14.0. The van der Waals surface area contributed by atoms with Crippen LogP contribution in [0.1, 0.15) is 20.8 Å². The van der Waals surface area contributed by atoms with Crippen LogP contribution in [0.15, 0.2) is 22.7 Å². The number of nitrogens with one attached hydrogen (secondary N) is 1. The molecular weight excluding hydrogens is 272 g/mol. The molecule has 16 heavy (non-hydrogen) atoms. The molecule has 0 aromatic heterocycles. The number of rotatable bonds is 4. The first-order valence-electron chi connectivity index (χ1n) is 5.12. The maximum absolute atomic E-state index is 10.7. The molecule has 1 N–H and O–H groups in total. The first kappa shape index (κ1) is 13.0. The average molecular weight is 287 g/mol. The van der Waals surface area contributed by atoms with E-state index in [9.17, 15) is 10.1 Å². The van der Waals surface area contributed by atoms with Gasteiger partial charge in [0.05, 0.1) is 9.40 Å². The van der Waals surface area contributed by atoms with Crippen LogP contribution < -0.4 is 5.32 Å². The first-order chi connectivity index (χ1) is 7.41. The van der Waals surface area contributed by atoms with Crippen molar-refractivity contribution in [3.8, 4) is 0 Å². The van der Waals surface area contributed by atoms with Gasteiger partial charge in [-0.15, -0.1) is 0 Å². The predicted octanol–water partition coefficient (Wildman–Crippen LogP) is 3.81. The Morgan fingerprint density at radius 3 is 2.50 bits per heavy atom. The molecule has 88 valence electrons. The van der Waals surface area contributed by atoms with Gasteiger partial charge in [0.15, 0.2) is 0 Å². The number of halogens is 1. The molecule has 0 bridgehead atoms. The van der Waals surface area contributed by atoms with E-state index in [4.69, 9.17) is 0 Å². The van der Waals surface area contributed by atoms with Crippen molar-refractivity contribution in [1.29, 1.82) is 0 Å². The average Bonchev–Trinajstić information content (AvgIpc) is 2.20. The Balaban J connectivity index is 2.91. The quantitative estimate of drug-likeness (QED) is 0.676. The zero-order valence-electron chi connectivity index (χ0n) is 9.53. The van der Waals surface area contributed by atoms with Crippen LogP contribution in [0.2, 0.25) is 0 Å². The summed E-state index contributed by atoms with van der Waals surface area (Å²) in [5.74, 6) is 0.475. The highest BCUT2D eigenvalue weighted by molar-refractivity contribution is 9.10. The lowest BCUT2D eigenvalue weighted by molar-refractivity contribution is -0.385. The van der Waals surface area contributed by atoms with E-state index in [1.54, 1.807) is 12.1 Å². The molecule has 0 aliphatic rings. The van der Waals surface area contributed by atoms with Crippen molar-refractivity contribution in [2.45, 2.75) is 26.8 Å². The molecule has 0 saturated carbocycles. The molecule has 0 aliphatic heterocycles. The van der Waals surface area contributed by atoms with Crippen LogP contribution in [0.5, 0.6) is 0 Å². The topological polar surface area (TPSA) is 55.2 Å². The fourth-order valence-electron chi connectivity index (χ4n) is 1.17. The lowest BCUT2D eigenvalue weighted by Gasteiger charge is -2.18. The van der Waals surface area contributed by atoms with E-state index in [1.807, 2.05) is 6.07 Å². The number of nitrogens with zero attached hydrogens (tertiary/aromatic N) is 1. The van der Waals surface area contributed by atoms with Crippen LogP contribution in [-0.4, -0.2) is 11.0 Å². The predicted molar refractivity (Wildman–Crippen MR) is 68.7 cm³/mol. The van der Waals surface area contributed by atoms with E-state index in [-0.39, 0.29) is 11.7 Å². The Hall–Kier alpha value is -1.10. The molecule has 0 saturated heterocycles. The normalized spacial score (nSPS) is 12.6. The van der Waals surface area contributed by atoms with E-state index < -0.39 is 4.92 Å². The second-order valence-corrected chi connectivity index (χ2v) is 4.95. The number of nitro groups is 1. The SMILES string of the molecule is CC(C)C(C)Nc1ccc(Br)c([N+](=O)[O-])c1. The number of hydrogen-bond acceptors (Lipinski definition) is 3. The van der Waals surface area contributed by atoms with Crippen molar-refractivity contribution in [3.63, 3.8) is 0 Å². The molecule has 0 spiro atoms. The first-order valence-corrected chi connectivity index (χ1v) is 5.91. The molecule has 0 aliphatic carbocycles. The highest BCUT2D eigenvalue weighted by atomic mass is 79.9. The molecule has 0 fully saturated rings. The molecule has 0 heterocycles. The molecular formula is C11H15BrN2O2. The van der Waals surface area contributed by atoms with Gasteiger partial charge in [0.2, 0.25) is 0 Å². The van der Waals surface area contributed by atoms with Crippen molar-refractivity contribution in [3.05, 3.63) is 32.8 Å². The molecule has 1 unspecified atom stereocenters. The minimum Gasteiger partial charge on any atom is -0.382 e. The van der Waals surface area contributed by atoms with Crippen molar-refractivity contribution >= 4 is 27.3 Å². The summed E-state index contributed by atoms with van der Waals surface area (Å²) in [6, 6.07) is 5.34. The van der Waals surface area contributed by atoms with Crippen LogP contribution in [0, 0.1) is 16.0 Å². The van der Waals surface area contributed by atoms with Crippen molar-refractivity contribution in [2.75, 3.05) is 5.32 Å². The second-order valence-electron chi connectivity index (χ2n) is 4.10. The molecule has 5 heteroatoms. The van der Waals surface area contributed by atoms with Gasteiger partial charge in [-0.2, -0.15) is 0 Å². The Morgan fingerprint density at radius 1 is 1.38 bits per heavy atom. The number of benzene rings is 1. The van der Waals surface area contributed by atoms with Gasteiger partial charge in [-0.05, 0) is 40.9 Å². The summed E-state index contributed by atoms with van der Waals surface area (Å²) in [6.07, 6.45) is 0. The van der Waals surface area contributed by atoms with E-state index in [1.165, 1.54) is 0 Å². The Bertz CT molecular complexity index is 394. The molecule has 1 atom stereocenters. The lowest BCUT2D eigenvalue weighted by Crippen LogP contribution is -2.21. The van der Waals surface area contributed by atoms with E-state index in [0.29, 0.717) is 10.4 Å². The number of hydrogen-bond donors (Lipinski definition) is 1. The Labute approximate surface area is 103 Å². The number of anilines is 1. The molecule has 0 amide bonds. The summed E-state index contributed by atoms with van der Waals surface area (Å²) < 4.78 is 0.500. The lowest BCUT2D eigenvalue weighted by atomic mass is 10.1. The van der Waals surface area contributed by atoms with Crippen LogP contribution in [0.3, 0.4) is 0 Å². The van der Waals surface area contributed by atoms with Crippen LogP contribution in [0.25, 0.3) is 0 Å². The zero-order valence-corrected chi connectivity index (χ0v) is 11.1. The monoisotopic (exact) mass is 286 g/mol. The van der Waals surface area contributed by atoms with Gasteiger partial charge < -0.3 is 5.32 Å². The maximum Gasteiger partial charge on any atom is 0.285 e. The van der Waals surface area contributed by atoms with Gasteiger partial charge in [-0.25, -0.2) is 0 Å². The van der Waals surface area contributed by atoms with Gasteiger partial charge >= 0.3 is 0 Å². The Kier molecular flexibility index (Phi) is 4.29. The third-order valence-electron chi connectivity index (χ3n) is 2.54. The van der Waals surface area contributed by atoms with Gasteiger partial charge in [0, 0.05) is 17.8 Å². The van der Waals surface area contributed by atoms with Gasteiger partial charge in [-0.3, -0.25) is 10.1 Å². The molecule has 1 aromatic rings. The van der Waals surface area contributed by atoms with Crippen LogP contribution >= 0.6 is 15.9 Å². The minimum absolute atomic E-state index is 0.0842. The maximum atomic E-state index is 10.7. The fraction of sp³-hybridized carbons (Fsp3) is 0.455. The van der Waals surface area contributed by atoms with E-state index >= 15 is 0 Å². The van der Waals surface area contributed by atoms with Crippen molar-refractivity contribution < 1.29 is 4.92 Å². The van der Waals surface area contributed by atoms with Crippen LogP contribution in [0.4, 0.5) is 11.4 Å².